The van der Waals surface area contributed by atoms with Crippen molar-refractivity contribution in [2.24, 2.45) is 0 Å². The molecule has 39 heavy (non-hydrogen) atoms. The maximum absolute atomic E-state index is 13.7. The van der Waals surface area contributed by atoms with Crippen molar-refractivity contribution in [3.8, 4) is 0 Å². The lowest BCUT2D eigenvalue weighted by atomic mass is 9.84. The van der Waals surface area contributed by atoms with Gasteiger partial charge >= 0.3 is 7.82 Å². The van der Waals surface area contributed by atoms with E-state index in [1.54, 1.807) is 0 Å². The molecule has 0 unspecified atom stereocenters. The van der Waals surface area contributed by atoms with Gasteiger partial charge in [-0.15, -0.1) is 0 Å². The molecule has 0 amide bonds. The fourth-order valence-electron chi connectivity index (χ4n) is 6.81. The van der Waals surface area contributed by atoms with E-state index in [9.17, 15) is 9.46 Å². The smallest absolute Gasteiger partial charge is 0.372 e. The van der Waals surface area contributed by atoms with Crippen LogP contribution in [0.3, 0.4) is 0 Å². The zero-order valence-corrected chi connectivity index (χ0v) is 22.2. The lowest BCUT2D eigenvalue weighted by Gasteiger charge is -2.28. The van der Waals surface area contributed by atoms with E-state index in [0.29, 0.717) is 11.5 Å². The number of benzene rings is 4. The fourth-order valence-corrected chi connectivity index (χ4v) is 7.64. The lowest BCUT2D eigenvalue weighted by molar-refractivity contribution is -0.213. The number of phosphoric ester groups is 1. The van der Waals surface area contributed by atoms with Gasteiger partial charge < -0.3 is 13.9 Å². The first-order chi connectivity index (χ1) is 19.0. The Morgan fingerprint density at radius 1 is 0.538 bits per heavy atom. The van der Waals surface area contributed by atoms with Crippen molar-refractivity contribution in [2.45, 2.75) is 36.5 Å². The molecular formula is C34H26O4P-. The average molecular weight is 530 g/mol. The van der Waals surface area contributed by atoms with E-state index >= 15 is 0 Å². The third-order valence-corrected chi connectivity index (χ3v) is 9.70. The second-order valence-corrected chi connectivity index (χ2v) is 12.3. The molecule has 0 N–H and O–H groups in total. The summed E-state index contributed by atoms with van der Waals surface area (Å²) in [5.41, 5.74) is 7.96. The Kier molecular flexibility index (Phi) is 4.78. The summed E-state index contributed by atoms with van der Waals surface area (Å²) in [6, 6.07) is 32.3. The van der Waals surface area contributed by atoms with Crippen LogP contribution in [0.25, 0.3) is 23.7 Å². The van der Waals surface area contributed by atoms with Gasteiger partial charge in [0.15, 0.2) is 0 Å². The van der Waals surface area contributed by atoms with Gasteiger partial charge in [0.05, 0.1) is 0 Å². The number of hydrogen-bond donors (Lipinski definition) is 0. The molecule has 8 rings (SSSR count). The Balaban J connectivity index is 1.22. The average Bonchev–Trinajstić information content (AvgIpc) is 3.88. The first-order valence-corrected chi connectivity index (χ1v) is 15.0. The van der Waals surface area contributed by atoms with E-state index in [1.165, 1.54) is 11.1 Å². The molecule has 0 aliphatic heterocycles. The van der Waals surface area contributed by atoms with Crippen molar-refractivity contribution < 1.29 is 18.5 Å². The predicted molar refractivity (Wildman–Crippen MR) is 151 cm³/mol. The van der Waals surface area contributed by atoms with Gasteiger partial charge in [0, 0.05) is 22.0 Å². The highest BCUT2D eigenvalue weighted by atomic mass is 31.2. The molecular weight excluding hydrogens is 503 g/mol. The molecule has 0 bridgehead atoms. The zero-order valence-electron chi connectivity index (χ0n) is 21.3. The summed E-state index contributed by atoms with van der Waals surface area (Å²) in [4.78, 5) is 13.7. The first kappa shape index (κ1) is 23.1. The third kappa shape index (κ3) is 3.52. The third-order valence-electron chi connectivity index (χ3n) is 8.86. The van der Waals surface area contributed by atoms with Gasteiger partial charge in [0.1, 0.15) is 11.5 Å². The van der Waals surface area contributed by atoms with Gasteiger partial charge in [0.25, 0.3) is 0 Å². The molecule has 5 heteroatoms. The summed E-state index contributed by atoms with van der Waals surface area (Å²) in [6.45, 7) is 0. The van der Waals surface area contributed by atoms with E-state index < -0.39 is 7.82 Å². The van der Waals surface area contributed by atoms with Crippen molar-refractivity contribution in [3.05, 3.63) is 142 Å². The molecule has 0 saturated heterocycles. The Labute approximate surface area is 227 Å². The van der Waals surface area contributed by atoms with Gasteiger partial charge in [0.2, 0.25) is 0 Å². The van der Waals surface area contributed by atoms with Crippen molar-refractivity contribution in [3.63, 3.8) is 0 Å². The highest BCUT2D eigenvalue weighted by molar-refractivity contribution is 7.46. The molecule has 4 nitrogen and oxygen atoms in total. The number of rotatable bonds is 4. The van der Waals surface area contributed by atoms with Crippen LogP contribution in [0.15, 0.2) is 97.1 Å². The molecule has 192 valence electrons. The SMILES string of the molecule is O=P([O-])(OC1=Cc2ccccc2C2(CC2)c2ccccc21)OC1=Cc2ccccc2C2(CC2)c2ccccc21. The fraction of sp³-hybridized carbons (Fsp3) is 0.176. The number of phosphoric acid groups is 1. The molecule has 0 aromatic heterocycles. The van der Waals surface area contributed by atoms with Crippen molar-refractivity contribution in [2.75, 3.05) is 0 Å². The first-order valence-electron chi connectivity index (χ1n) is 13.5. The molecule has 4 aliphatic rings. The summed E-state index contributed by atoms with van der Waals surface area (Å²) < 4.78 is 25.4. The molecule has 2 spiro atoms. The molecule has 0 radical (unpaired) electrons. The highest BCUT2D eigenvalue weighted by Crippen LogP contribution is 2.61. The largest absolute Gasteiger partial charge is 0.736 e. The maximum atomic E-state index is 13.7. The van der Waals surface area contributed by atoms with E-state index in [0.717, 1.165) is 59.1 Å². The van der Waals surface area contributed by atoms with Crippen molar-refractivity contribution >= 4 is 31.5 Å². The van der Waals surface area contributed by atoms with Crippen LogP contribution in [0.1, 0.15) is 70.2 Å². The molecule has 0 atom stereocenters. The molecule has 0 heterocycles. The van der Waals surface area contributed by atoms with E-state index in [-0.39, 0.29) is 10.8 Å². The van der Waals surface area contributed by atoms with Gasteiger partial charge in [-0.1, -0.05) is 97.1 Å². The minimum atomic E-state index is -4.83. The Hall–Kier alpha value is -3.85. The van der Waals surface area contributed by atoms with Crippen LogP contribution in [0.2, 0.25) is 0 Å². The van der Waals surface area contributed by atoms with Crippen LogP contribution < -0.4 is 4.89 Å². The highest BCUT2D eigenvalue weighted by Gasteiger charge is 2.50. The standard InChI is InChI=1S/C34H27O4P/c35-39(36,37-31-21-23-9-1-5-13-27(23)33(17-18-33)29-15-7-3-11-25(29)31)38-32-22-24-10-2-6-14-28(24)34(19-20-34)30-16-8-4-12-26(30)32/h1-16,21-22H,17-20H2,(H,35,36)/p-1. The summed E-state index contributed by atoms with van der Waals surface area (Å²) in [5.74, 6) is 0.587. The van der Waals surface area contributed by atoms with Crippen LogP contribution in [-0.4, -0.2) is 0 Å². The molecule has 4 aromatic carbocycles. The van der Waals surface area contributed by atoms with Gasteiger partial charge in [-0.25, -0.2) is 4.57 Å². The normalized spacial score (nSPS) is 18.8. The Bertz CT molecular complexity index is 1650. The maximum Gasteiger partial charge on any atom is 0.372 e. The Morgan fingerprint density at radius 3 is 1.31 bits per heavy atom. The number of fused-ring (bicyclic) bond motifs is 8. The Morgan fingerprint density at radius 2 is 0.897 bits per heavy atom. The summed E-state index contributed by atoms with van der Waals surface area (Å²) in [7, 11) is -4.83. The second-order valence-electron chi connectivity index (χ2n) is 11.1. The van der Waals surface area contributed by atoms with Gasteiger partial charge in [-0.05, 0) is 71.2 Å². The summed E-state index contributed by atoms with van der Waals surface area (Å²) in [6.07, 6.45) is 7.80. The van der Waals surface area contributed by atoms with Gasteiger partial charge in [-0.3, -0.25) is 0 Å². The number of hydrogen-bond acceptors (Lipinski definition) is 4. The van der Waals surface area contributed by atoms with E-state index in [1.807, 2.05) is 84.9 Å². The van der Waals surface area contributed by atoms with Crippen molar-refractivity contribution in [1.29, 1.82) is 0 Å². The van der Waals surface area contributed by atoms with Gasteiger partial charge in [-0.2, -0.15) is 0 Å². The molecule has 4 aromatic rings. The molecule has 2 saturated carbocycles. The van der Waals surface area contributed by atoms with Crippen LogP contribution in [0.5, 0.6) is 0 Å². The quantitative estimate of drug-likeness (QED) is 0.255. The van der Waals surface area contributed by atoms with Crippen LogP contribution in [-0.2, 0) is 24.4 Å². The van der Waals surface area contributed by atoms with E-state index in [4.69, 9.17) is 9.05 Å². The lowest BCUT2D eigenvalue weighted by Crippen LogP contribution is -2.13. The van der Waals surface area contributed by atoms with Crippen molar-refractivity contribution in [1.82, 2.24) is 0 Å². The summed E-state index contributed by atoms with van der Waals surface area (Å²) in [5, 5.41) is 0. The van der Waals surface area contributed by atoms with Crippen LogP contribution in [0, 0.1) is 0 Å². The predicted octanol–water partition coefficient (Wildman–Crippen LogP) is 7.67. The molecule has 4 aliphatic carbocycles. The monoisotopic (exact) mass is 529 g/mol. The van der Waals surface area contributed by atoms with E-state index in [2.05, 4.69) is 24.3 Å². The molecule has 2 fully saturated rings. The van der Waals surface area contributed by atoms with Crippen LogP contribution in [0.4, 0.5) is 0 Å². The summed E-state index contributed by atoms with van der Waals surface area (Å²) >= 11 is 0. The minimum Gasteiger partial charge on any atom is -0.736 e. The van der Waals surface area contributed by atoms with Crippen LogP contribution >= 0.6 is 7.82 Å². The second kappa shape index (κ2) is 8.08. The minimum absolute atomic E-state index is 0.104. The topological polar surface area (TPSA) is 58.6 Å². The zero-order chi connectivity index (χ0) is 26.2.